The number of hydrogen-bond donors (Lipinski definition) is 1. The molecule has 3 aromatic rings. The molecule has 2 atom stereocenters. The number of fused-ring (bicyclic) bond motifs is 2. The Kier molecular flexibility index (Phi) is 6.63. The number of piperidine rings is 1. The highest BCUT2D eigenvalue weighted by atomic mass is 16.5. The molecule has 7 nitrogen and oxygen atoms in total. The Morgan fingerprint density at radius 3 is 2.50 bits per heavy atom. The van der Waals surface area contributed by atoms with Crippen molar-refractivity contribution in [3.05, 3.63) is 99.0 Å². The summed E-state index contributed by atoms with van der Waals surface area (Å²) >= 11 is 0. The van der Waals surface area contributed by atoms with E-state index in [0.29, 0.717) is 31.3 Å². The van der Waals surface area contributed by atoms with E-state index in [1.165, 1.54) is 0 Å². The van der Waals surface area contributed by atoms with Gasteiger partial charge in [-0.05, 0) is 55.4 Å². The molecule has 186 valence electrons. The first-order chi connectivity index (χ1) is 17.4. The summed E-state index contributed by atoms with van der Waals surface area (Å²) < 4.78 is 7.08. The molecule has 2 bridgehead atoms. The van der Waals surface area contributed by atoms with Crippen molar-refractivity contribution in [2.75, 3.05) is 13.7 Å². The van der Waals surface area contributed by atoms with E-state index in [-0.39, 0.29) is 23.1 Å². The Morgan fingerprint density at radius 2 is 1.81 bits per heavy atom. The number of hydrogen-bond acceptors (Lipinski definition) is 4. The third-order valence-corrected chi connectivity index (χ3v) is 7.30. The number of carbonyl (C=O) groups excluding carboxylic acids is 2. The Balaban J connectivity index is 1.46. The van der Waals surface area contributed by atoms with Crippen molar-refractivity contribution in [3.8, 4) is 5.75 Å². The average molecular weight is 486 g/mol. The third kappa shape index (κ3) is 4.91. The summed E-state index contributed by atoms with van der Waals surface area (Å²) in [6, 6.07) is 15.6. The van der Waals surface area contributed by atoms with Crippen LogP contribution in [0.25, 0.3) is 0 Å². The molecule has 1 aliphatic carbocycles. The van der Waals surface area contributed by atoms with Crippen molar-refractivity contribution in [3.63, 3.8) is 0 Å². The minimum Gasteiger partial charge on any atom is -0.497 e. The molecule has 1 aromatic heterocycles. The minimum atomic E-state index is -0.522. The second-order valence-corrected chi connectivity index (χ2v) is 9.90. The Bertz CT molecular complexity index is 1350. The number of nitrogens with zero attached hydrogens (tertiary/aromatic N) is 2. The van der Waals surface area contributed by atoms with E-state index >= 15 is 0 Å². The molecule has 2 heterocycles. The molecular formula is C29H31N3O4. The fraction of sp³-hybridized carbons (Fsp3) is 0.345. The zero-order chi connectivity index (χ0) is 25.2. The molecule has 7 heteroatoms. The molecule has 5 rings (SSSR count). The van der Waals surface area contributed by atoms with Crippen LogP contribution in [0.4, 0.5) is 0 Å². The number of carbonyl (C=O) groups is 2. The fourth-order valence-electron chi connectivity index (χ4n) is 5.33. The summed E-state index contributed by atoms with van der Waals surface area (Å²) in [5.41, 5.74) is 2.50. The van der Waals surface area contributed by atoms with E-state index in [9.17, 15) is 14.4 Å². The van der Waals surface area contributed by atoms with E-state index in [4.69, 9.17) is 4.74 Å². The lowest BCUT2D eigenvalue weighted by Crippen LogP contribution is -2.41. The number of likely N-dealkylation sites (tertiary alicyclic amines) is 1. The van der Waals surface area contributed by atoms with Gasteiger partial charge in [0.15, 0.2) is 0 Å². The number of aromatic nitrogens is 1. The molecule has 2 amide bonds. The smallest absolute Gasteiger partial charge is 0.259 e. The summed E-state index contributed by atoms with van der Waals surface area (Å²) in [5.74, 6) is 0.463. The largest absolute Gasteiger partial charge is 0.497 e. The molecule has 1 saturated heterocycles. The first-order valence-electron chi connectivity index (χ1n) is 12.4. The van der Waals surface area contributed by atoms with Gasteiger partial charge in [0.1, 0.15) is 16.9 Å². The van der Waals surface area contributed by atoms with E-state index in [1.54, 1.807) is 24.1 Å². The van der Waals surface area contributed by atoms with Crippen molar-refractivity contribution >= 4 is 11.8 Å². The van der Waals surface area contributed by atoms with Gasteiger partial charge in [0.05, 0.1) is 7.11 Å². The van der Waals surface area contributed by atoms with E-state index in [2.05, 4.69) is 5.32 Å². The van der Waals surface area contributed by atoms with Gasteiger partial charge in [-0.2, -0.15) is 0 Å². The zero-order valence-electron chi connectivity index (χ0n) is 20.7. The lowest BCUT2D eigenvalue weighted by Gasteiger charge is -2.27. The molecule has 36 heavy (non-hydrogen) atoms. The second kappa shape index (κ2) is 10.0. The molecule has 0 unspecified atom stereocenters. The summed E-state index contributed by atoms with van der Waals surface area (Å²) in [6.45, 7) is 3.37. The van der Waals surface area contributed by atoms with Crippen LogP contribution in [0.15, 0.2) is 65.7 Å². The SMILES string of the molecule is COc1cccc(Cn2cc(C(=O)NCc3ccc(C)cc3)c(=O)c(C(=O)N3C[C@H]4CC[C@@H]3C4)c2)c1. The minimum absolute atomic E-state index is 0.0276. The molecule has 1 N–H and O–H groups in total. The highest BCUT2D eigenvalue weighted by Crippen LogP contribution is 2.37. The van der Waals surface area contributed by atoms with Gasteiger partial charge in [-0.3, -0.25) is 14.4 Å². The van der Waals surface area contributed by atoms with E-state index < -0.39 is 11.3 Å². The van der Waals surface area contributed by atoms with Crippen molar-refractivity contribution in [2.24, 2.45) is 5.92 Å². The maximum Gasteiger partial charge on any atom is 0.259 e. The number of ether oxygens (including phenoxy) is 1. The lowest BCUT2D eigenvalue weighted by atomic mass is 10.1. The van der Waals surface area contributed by atoms with Gasteiger partial charge in [0.2, 0.25) is 5.43 Å². The maximum atomic E-state index is 13.5. The quantitative estimate of drug-likeness (QED) is 0.553. The van der Waals surface area contributed by atoms with Crippen molar-refractivity contribution in [1.29, 1.82) is 0 Å². The predicted octanol–water partition coefficient (Wildman–Crippen LogP) is 3.77. The fourth-order valence-corrected chi connectivity index (χ4v) is 5.33. The van der Waals surface area contributed by atoms with Gasteiger partial charge in [0, 0.05) is 38.1 Å². The van der Waals surface area contributed by atoms with Crippen molar-refractivity contribution in [2.45, 2.75) is 45.3 Å². The van der Waals surface area contributed by atoms with Crippen molar-refractivity contribution < 1.29 is 14.3 Å². The van der Waals surface area contributed by atoms with Gasteiger partial charge < -0.3 is 19.5 Å². The maximum absolute atomic E-state index is 13.5. The molecule has 2 aliphatic rings. The molecule has 1 saturated carbocycles. The monoisotopic (exact) mass is 485 g/mol. The highest BCUT2D eigenvalue weighted by Gasteiger charge is 2.41. The molecule has 0 spiro atoms. The van der Waals surface area contributed by atoms with Gasteiger partial charge in [-0.1, -0.05) is 42.0 Å². The van der Waals surface area contributed by atoms with Gasteiger partial charge in [0.25, 0.3) is 11.8 Å². The normalized spacial score (nSPS) is 18.3. The highest BCUT2D eigenvalue weighted by molar-refractivity contribution is 5.99. The Labute approximate surface area is 210 Å². The Hall–Kier alpha value is -3.87. The molecule has 2 fully saturated rings. The van der Waals surface area contributed by atoms with Crippen LogP contribution in [0, 0.1) is 12.8 Å². The first-order valence-corrected chi connectivity index (χ1v) is 12.4. The molecule has 2 aromatic carbocycles. The number of pyridine rings is 1. The van der Waals surface area contributed by atoms with Crippen molar-refractivity contribution in [1.82, 2.24) is 14.8 Å². The van der Waals surface area contributed by atoms with Crippen LogP contribution in [0.1, 0.15) is 56.7 Å². The van der Waals surface area contributed by atoms with E-state index in [1.807, 2.05) is 60.4 Å². The number of benzene rings is 2. The number of aryl methyl sites for hydroxylation is 1. The summed E-state index contributed by atoms with van der Waals surface area (Å²) in [7, 11) is 1.61. The average Bonchev–Trinajstić information content (AvgIpc) is 3.53. The Morgan fingerprint density at radius 1 is 1.03 bits per heavy atom. The van der Waals surface area contributed by atoms with Crippen LogP contribution < -0.4 is 15.5 Å². The van der Waals surface area contributed by atoms with Crippen LogP contribution in [-0.4, -0.2) is 41.0 Å². The van der Waals surface area contributed by atoms with Gasteiger partial charge in [-0.15, -0.1) is 0 Å². The summed E-state index contributed by atoms with van der Waals surface area (Å²) in [4.78, 5) is 41.9. The predicted molar refractivity (Wildman–Crippen MR) is 137 cm³/mol. The molecule has 1 aliphatic heterocycles. The van der Waals surface area contributed by atoms with Crippen LogP contribution in [-0.2, 0) is 13.1 Å². The standard InChI is InChI=1S/C29H31N3O4/c1-19-6-8-20(9-7-19)14-30-28(34)25-17-31(15-21-4-3-5-24(13-21)36-2)18-26(27(25)33)29(35)32-16-22-10-11-23(32)12-22/h3-9,13,17-18,22-23H,10-12,14-16H2,1-2H3,(H,30,34)/t22-,23+/m0/s1. The number of amides is 2. The topological polar surface area (TPSA) is 80.6 Å². The molecule has 0 radical (unpaired) electrons. The van der Waals surface area contributed by atoms with Crippen LogP contribution in [0.3, 0.4) is 0 Å². The first kappa shape index (κ1) is 23.9. The third-order valence-electron chi connectivity index (χ3n) is 7.30. The van der Waals surface area contributed by atoms with Gasteiger partial charge >= 0.3 is 0 Å². The van der Waals surface area contributed by atoms with Gasteiger partial charge in [-0.25, -0.2) is 0 Å². The van der Waals surface area contributed by atoms with Crippen LogP contribution in [0.5, 0.6) is 5.75 Å². The lowest BCUT2D eigenvalue weighted by molar-refractivity contribution is 0.0701. The summed E-state index contributed by atoms with van der Waals surface area (Å²) in [6.07, 6.45) is 6.24. The van der Waals surface area contributed by atoms with Crippen LogP contribution in [0.2, 0.25) is 0 Å². The van der Waals surface area contributed by atoms with E-state index in [0.717, 1.165) is 36.0 Å². The molecular weight excluding hydrogens is 454 g/mol. The van der Waals surface area contributed by atoms with Crippen LogP contribution >= 0.6 is 0 Å². The number of nitrogens with one attached hydrogen (secondary N) is 1. The number of methoxy groups -OCH3 is 1. The second-order valence-electron chi connectivity index (χ2n) is 9.90. The number of rotatable bonds is 7. The zero-order valence-corrected chi connectivity index (χ0v) is 20.7. The summed E-state index contributed by atoms with van der Waals surface area (Å²) in [5, 5.41) is 2.85.